The van der Waals surface area contributed by atoms with Gasteiger partial charge in [0.05, 0.1) is 18.7 Å². The average molecular weight is 849 g/mol. The Morgan fingerprint density at radius 3 is 1.31 bits per heavy atom. The second-order valence-electron chi connectivity index (χ2n) is 14.9. The molecule has 2 aromatic heterocycles. The quantitative estimate of drug-likeness (QED) is 0.0842. The molecule has 2 aliphatic rings. The Morgan fingerprint density at radius 1 is 0.574 bits per heavy atom. The van der Waals surface area contributed by atoms with Gasteiger partial charge in [-0.15, -0.1) is 0 Å². The topological polar surface area (TPSA) is 142 Å². The molecule has 0 spiro atoms. The zero-order valence-corrected chi connectivity index (χ0v) is 33.6. The molecule has 324 valence electrons. The van der Waals surface area contributed by atoms with Crippen molar-refractivity contribution >= 4 is 11.9 Å². The van der Waals surface area contributed by atoms with E-state index in [1.165, 1.54) is 0 Å². The van der Waals surface area contributed by atoms with Crippen molar-refractivity contribution in [1.29, 1.82) is 0 Å². The number of nitrogens with two attached hydrogens (primary N) is 1. The molecule has 2 aromatic carbocycles. The van der Waals surface area contributed by atoms with E-state index < -0.39 is 42.5 Å². The summed E-state index contributed by atoms with van der Waals surface area (Å²) in [4.78, 5) is 31.0. The van der Waals surface area contributed by atoms with Crippen LogP contribution in [-0.2, 0) is 0 Å². The summed E-state index contributed by atoms with van der Waals surface area (Å²) in [5.41, 5.74) is 8.35. The second-order valence-corrected chi connectivity index (χ2v) is 14.9. The molecule has 0 radical (unpaired) electrons. The predicted molar refractivity (Wildman–Crippen MR) is 221 cm³/mol. The maximum atomic E-state index is 12.7. The zero-order valence-electron chi connectivity index (χ0n) is 33.6. The molecule has 9 nitrogen and oxygen atoms in total. The SMILES string of the molecule is NCC1(NCC(F)(F)F)CCCCC1.O=C(NCC1(NCC(F)(F)F)CCCCC1)c1ccc(C#Cc2ccncc2)cc1.O=C(O)c1ccc(C#Cc2ccncc2)cc1. The van der Waals surface area contributed by atoms with Crippen molar-refractivity contribution in [3.8, 4) is 23.7 Å². The third-order valence-corrected chi connectivity index (χ3v) is 10.3. The third-order valence-electron chi connectivity index (χ3n) is 10.3. The number of aromatic carboxylic acids is 1. The molecular weight excluding hydrogens is 799 g/mol. The first-order valence-corrected chi connectivity index (χ1v) is 20.0. The minimum Gasteiger partial charge on any atom is -0.478 e. The van der Waals surface area contributed by atoms with Gasteiger partial charge in [0, 0.05) is 76.8 Å². The summed E-state index contributed by atoms with van der Waals surface area (Å²) in [6.07, 6.45) is 6.80. The zero-order chi connectivity index (χ0) is 44.2. The fraction of sp³-hybridized carbons (Fsp3) is 0.391. The highest BCUT2D eigenvalue weighted by Crippen LogP contribution is 2.30. The first-order chi connectivity index (χ1) is 29.1. The number of carboxylic acids is 1. The van der Waals surface area contributed by atoms with Crippen molar-refractivity contribution in [2.75, 3.05) is 26.2 Å². The van der Waals surface area contributed by atoms with Crippen LogP contribution in [0.25, 0.3) is 0 Å². The van der Waals surface area contributed by atoms with Gasteiger partial charge in [-0.2, -0.15) is 26.3 Å². The molecule has 15 heteroatoms. The summed E-state index contributed by atoms with van der Waals surface area (Å²) in [5.74, 6) is 10.7. The van der Waals surface area contributed by atoms with Crippen molar-refractivity contribution in [1.82, 2.24) is 25.9 Å². The van der Waals surface area contributed by atoms with Gasteiger partial charge in [0.2, 0.25) is 0 Å². The van der Waals surface area contributed by atoms with E-state index in [0.717, 1.165) is 73.6 Å². The number of nitrogens with one attached hydrogen (secondary N) is 3. The molecule has 1 amide bonds. The van der Waals surface area contributed by atoms with Crippen LogP contribution in [0.15, 0.2) is 97.6 Å². The van der Waals surface area contributed by atoms with E-state index in [2.05, 4.69) is 49.6 Å². The molecule has 0 saturated heterocycles. The Labute approximate surface area is 352 Å². The van der Waals surface area contributed by atoms with Crippen LogP contribution in [0.3, 0.4) is 0 Å². The number of alkyl halides is 6. The number of amides is 1. The van der Waals surface area contributed by atoms with Gasteiger partial charge in [0.15, 0.2) is 0 Å². The van der Waals surface area contributed by atoms with Crippen molar-refractivity contribution in [2.45, 2.75) is 87.6 Å². The van der Waals surface area contributed by atoms with Crippen molar-refractivity contribution < 1.29 is 41.0 Å². The maximum absolute atomic E-state index is 12.7. The Morgan fingerprint density at radius 2 is 0.934 bits per heavy atom. The molecule has 2 heterocycles. The van der Waals surface area contributed by atoms with E-state index in [1.807, 2.05) is 24.3 Å². The van der Waals surface area contributed by atoms with E-state index in [1.54, 1.807) is 73.3 Å². The van der Waals surface area contributed by atoms with E-state index >= 15 is 0 Å². The summed E-state index contributed by atoms with van der Waals surface area (Å²) in [6, 6.07) is 20.6. The molecule has 2 fully saturated rings. The fourth-order valence-electron chi connectivity index (χ4n) is 6.81. The Hall–Kier alpha value is -5.74. The number of nitrogens with zero attached hydrogens (tertiary/aromatic N) is 2. The molecule has 0 bridgehead atoms. The smallest absolute Gasteiger partial charge is 0.401 e. The number of carbonyl (C=O) groups is 2. The Balaban J connectivity index is 0.000000223. The van der Waals surface area contributed by atoms with Crippen LogP contribution in [0.2, 0.25) is 0 Å². The summed E-state index contributed by atoms with van der Waals surface area (Å²) in [7, 11) is 0. The van der Waals surface area contributed by atoms with E-state index in [9.17, 15) is 35.9 Å². The van der Waals surface area contributed by atoms with Crippen molar-refractivity contribution in [3.05, 3.63) is 131 Å². The van der Waals surface area contributed by atoms with Gasteiger partial charge in [0.25, 0.3) is 5.91 Å². The third kappa shape index (κ3) is 17.8. The number of carbonyl (C=O) groups excluding carboxylic acids is 1. The van der Waals surface area contributed by atoms with Gasteiger partial charge in [-0.25, -0.2) is 4.79 Å². The lowest BCUT2D eigenvalue weighted by Gasteiger charge is -2.38. The molecule has 0 unspecified atom stereocenters. The van der Waals surface area contributed by atoms with Crippen LogP contribution >= 0.6 is 0 Å². The van der Waals surface area contributed by atoms with Gasteiger partial charge in [0.1, 0.15) is 0 Å². The Bertz CT molecular complexity index is 2080. The highest BCUT2D eigenvalue weighted by molar-refractivity contribution is 5.94. The molecule has 0 atom stereocenters. The summed E-state index contributed by atoms with van der Waals surface area (Å²) < 4.78 is 74.1. The predicted octanol–water partition coefficient (Wildman–Crippen LogP) is 8.05. The number of hydrogen-bond acceptors (Lipinski definition) is 7. The molecule has 0 aliphatic heterocycles. The van der Waals surface area contributed by atoms with Gasteiger partial charge in [-0.05, 0) is 98.5 Å². The van der Waals surface area contributed by atoms with Crippen molar-refractivity contribution in [3.63, 3.8) is 0 Å². The van der Waals surface area contributed by atoms with Gasteiger partial charge < -0.3 is 26.8 Å². The Kier molecular flexibility index (Phi) is 18.3. The number of halogens is 6. The van der Waals surface area contributed by atoms with Gasteiger partial charge in [-0.1, -0.05) is 62.2 Å². The molecule has 61 heavy (non-hydrogen) atoms. The van der Waals surface area contributed by atoms with Crippen LogP contribution in [0.4, 0.5) is 26.3 Å². The molecule has 4 aromatic rings. The maximum Gasteiger partial charge on any atom is 0.401 e. The largest absolute Gasteiger partial charge is 0.478 e. The second kappa shape index (κ2) is 23.3. The standard InChI is InChI=1S/C23H24F3N3O.C14H9NO2.C9H17F3N2/c24-23(25,26)17-29-22(12-2-1-3-13-22)16-28-21(30)20-8-6-18(7-9-20)4-5-19-10-14-27-15-11-19;16-14(17)13-5-3-11(4-6-13)1-2-12-7-9-15-10-8-12;10-9(11,12)7-14-8(6-13)4-2-1-3-5-8/h6-11,14-15,29H,1-3,12-13,16-17H2,(H,28,30);3-10H,(H,16,17);14H,1-7,13H2. The molecule has 6 N–H and O–H groups in total. The normalized spacial score (nSPS) is 15.4. The highest BCUT2D eigenvalue weighted by atomic mass is 19.4. The number of carboxylic acid groups (broad SMARTS) is 1. The molecule has 2 aliphatic carbocycles. The first kappa shape index (κ1) is 47.9. The minimum absolute atomic E-state index is 0.172. The lowest BCUT2D eigenvalue weighted by molar-refractivity contribution is -0.130. The molecule has 2 saturated carbocycles. The highest BCUT2D eigenvalue weighted by Gasteiger charge is 2.37. The minimum atomic E-state index is -4.28. The lowest BCUT2D eigenvalue weighted by Crippen LogP contribution is -2.56. The first-order valence-electron chi connectivity index (χ1n) is 20.0. The van der Waals surface area contributed by atoms with Crippen LogP contribution in [0.5, 0.6) is 0 Å². The van der Waals surface area contributed by atoms with E-state index in [0.29, 0.717) is 24.9 Å². The number of benzene rings is 2. The van der Waals surface area contributed by atoms with E-state index in [-0.39, 0.29) is 18.0 Å². The number of rotatable bonds is 9. The van der Waals surface area contributed by atoms with Crippen molar-refractivity contribution in [2.24, 2.45) is 5.73 Å². The monoisotopic (exact) mass is 848 g/mol. The van der Waals surface area contributed by atoms with E-state index in [4.69, 9.17) is 10.8 Å². The van der Waals surface area contributed by atoms with Crippen LogP contribution in [-0.4, -0.2) is 76.6 Å². The van der Waals surface area contributed by atoms with Gasteiger partial charge in [-0.3, -0.25) is 14.8 Å². The van der Waals surface area contributed by atoms with Crippen LogP contribution in [0.1, 0.15) is 107 Å². The summed E-state index contributed by atoms with van der Waals surface area (Å²) >= 11 is 0. The summed E-state index contributed by atoms with van der Waals surface area (Å²) in [5, 5.41) is 16.8. The number of hydrogen-bond donors (Lipinski definition) is 5. The average Bonchev–Trinajstić information content (AvgIpc) is 3.27. The molecule has 6 rings (SSSR count). The fourth-order valence-corrected chi connectivity index (χ4v) is 6.81. The number of pyridine rings is 2. The van der Waals surface area contributed by atoms with Crippen LogP contribution < -0.4 is 21.7 Å². The lowest BCUT2D eigenvalue weighted by atomic mass is 9.81. The molecular formula is C46H50F6N6O3. The number of aromatic nitrogens is 2. The van der Waals surface area contributed by atoms with Crippen LogP contribution in [0, 0.1) is 23.7 Å². The van der Waals surface area contributed by atoms with Gasteiger partial charge >= 0.3 is 18.3 Å². The summed E-state index contributed by atoms with van der Waals surface area (Å²) in [6.45, 7) is -1.51.